The molecular formula is C65H127NO5. The van der Waals surface area contributed by atoms with E-state index in [9.17, 15) is 19.8 Å². The first-order valence-electron chi connectivity index (χ1n) is 32.5. The molecule has 2 atom stereocenters. The Labute approximate surface area is 444 Å². The van der Waals surface area contributed by atoms with Gasteiger partial charge >= 0.3 is 5.97 Å². The lowest BCUT2D eigenvalue weighted by atomic mass is 10.0. The van der Waals surface area contributed by atoms with Crippen molar-refractivity contribution in [1.82, 2.24) is 5.32 Å². The molecular weight excluding hydrogens is 875 g/mol. The van der Waals surface area contributed by atoms with E-state index in [0.717, 1.165) is 38.5 Å². The van der Waals surface area contributed by atoms with Crippen LogP contribution in [-0.2, 0) is 14.3 Å². The van der Waals surface area contributed by atoms with Gasteiger partial charge in [0.1, 0.15) is 0 Å². The fraction of sp³-hybridized carbons (Fsp3) is 0.938. The molecule has 0 fully saturated rings. The van der Waals surface area contributed by atoms with E-state index in [4.69, 9.17) is 4.74 Å². The molecule has 0 aromatic heterocycles. The lowest BCUT2D eigenvalue weighted by molar-refractivity contribution is -0.143. The zero-order valence-corrected chi connectivity index (χ0v) is 48.2. The van der Waals surface area contributed by atoms with E-state index in [1.807, 2.05) is 6.08 Å². The van der Waals surface area contributed by atoms with E-state index in [1.54, 1.807) is 6.08 Å². The summed E-state index contributed by atoms with van der Waals surface area (Å²) in [6.07, 6.45) is 74.3. The van der Waals surface area contributed by atoms with Crippen LogP contribution >= 0.6 is 0 Å². The molecule has 2 unspecified atom stereocenters. The molecule has 6 heteroatoms. The fourth-order valence-electron chi connectivity index (χ4n) is 10.3. The standard InChI is InChI=1S/C65H127NO5/c1-3-5-7-9-11-13-15-39-43-47-51-55-59-65(70)71-60-56-52-48-44-40-37-35-33-31-29-27-25-23-21-19-17-16-18-20-22-24-26-28-30-32-34-36-38-42-46-50-54-58-64(69)66-62(61-67)63(68)57-53-49-45-41-14-12-10-8-6-4-2/h53,57,62-63,67-68H,3-52,54-56,58-61H2,1-2H3,(H,66,69)/b57-53+. The lowest BCUT2D eigenvalue weighted by Gasteiger charge is -2.20. The molecule has 0 aliphatic heterocycles. The minimum absolute atomic E-state index is 0.0221. The van der Waals surface area contributed by atoms with Gasteiger partial charge in [-0.15, -0.1) is 0 Å². The van der Waals surface area contributed by atoms with E-state index < -0.39 is 12.1 Å². The molecule has 0 spiro atoms. The van der Waals surface area contributed by atoms with Crippen LogP contribution in [-0.4, -0.2) is 47.4 Å². The fourth-order valence-corrected chi connectivity index (χ4v) is 10.3. The Morgan fingerprint density at radius 1 is 0.380 bits per heavy atom. The Balaban J connectivity index is 3.30. The molecule has 422 valence electrons. The minimum atomic E-state index is -0.838. The van der Waals surface area contributed by atoms with Crippen LogP contribution in [0.25, 0.3) is 0 Å². The number of nitrogens with one attached hydrogen (secondary N) is 1. The number of esters is 1. The first kappa shape index (κ1) is 69.6. The summed E-state index contributed by atoms with van der Waals surface area (Å²) in [5.74, 6) is -0.0417. The van der Waals surface area contributed by atoms with Crippen LogP contribution in [0.1, 0.15) is 367 Å². The van der Waals surface area contributed by atoms with Gasteiger partial charge in [-0.25, -0.2) is 0 Å². The third-order valence-electron chi connectivity index (χ3n) is 15.3. The Hall–Kier alpha value is -1.40. The number of unbranched alkanes of at least 4 members (excludes halogenated alkanes) is 50. The number of hydrogen-bond acceptors (Lipinski definition) is 5. The quantitative estimate of drug-likeness (QED) is 0.0320. The van der Waals surface area contributed by atoms with Gasteiger partial charge in [0.25, 0.3) is 0 Å². The van der Waals surface area contributed by atoms with Gasteiger partial charge in [0.2, 0.25) is 5.91 Å². The van der Waals surface area contributed by atoms with Crippen molar-refractivity contribution in [1.29, 1.82) is 0 Å². The van der Waals surface area contributed by atoms with Gasteiger partial charge in [0.15, 0.2) is 0 Å². The summed E-state index contributed by atoms with van der Waals surface area (Å²) < 4.78 is 5.48. The van der Waals surface area contributed by atoms with E-state index in [2.05, 4.69) is 19.2 Å². The number of amides is 1. The molecule has 0 saturated heterocycles. The summed E-state index contributed by atoms with van der Waals surface area (Å²) >= 11 is 0. The zero-order chi connectivity index (χ0) is 51.4. The molecule has 0 aromatic carbocycles. The highest BCUT2D eigenvalue weighted by Gasteiger charge is 2.18. The van der Waals surface area contributed by atoms with Crippen LogP contribution in [0.3, 0.4) is 0 Å². The van der Waals surface area contributed by atoms with Crippen molar-refractivity contribution in [2.75, 3.05) is 13.2 Å². The van der Waals surface area contributed by atoms with Crippen LogP contribution in [0.15, 0.2) is 12.2 Å². The van der Waals surface area contributed by atoms with Gasteiger partial charge in [-0.1, -0.05) is 334 Å². The summed E-state index contributed by atoms with van der Waals surface area (Å²) in [6.45, 7) is 4.91. The monoisotopic (exact) mass is 1000 g/mol. The Morgan fingerprint density at radius 3 is 0.958 bits per heavy atom. The number of carbonyl (C=O) groups is 2. The Morgan fingerprint density at radius 2 is 0.648 bits per heavy atom. The second kappa shape index (κ2) is 61.1. The van der Waals surface area contributed by atoms with Gasteiger partial charge in [0.05, 0.1) is 25.4 Å². The highest BCUT2D eigenvalue weighted by molar-refractivity contribution is 5.76. The number of ether oxygens (including phenoxy) is 1. The smallest absolute Gasteiger partial charge is 0.305 e. The van der Waals surface area contributed by atoms with E-state index >= 15 is 0 Å². The maximum absolute atomic E-state index is 12.4. The van der Waals surface area contributed by atoms with E-state index in [1.165, 1.54) is 302 Å². The van der Waals surface area contributed by atoms with Crippen molar-refractivity contribution in [2.24, 2.45) is 0 Å². The molecule has 0 radical (unpaired) electrons. The topological polar surface area (TPSA) is 95.9 Å². The van der Waals surface area contributed by atoms with Gasteiger partial charge in [-0.3, -0.25) is 9.59 Å². The highest BCUT2D eigenvalue weighted by atomic mass is 16.5. The molecule has 0 bridgehead atoms. The van der Waals surface area contributed by atoms with Crippen LogP contribution < -0.4 is 5.32 Å². The Bertz CT molecular complexity index is 1060. The molecule has 3 N–H and O–H groups in total. The molecule has 6 nitrogen and oxygen atoms in total. The third kappa shape index (κ3) is 57.7. The maximum atomic E-state index is 12.4. The number of rotatable bonds is 61. The average molecular weight is 1000 g/mol. The molecule has 0 rings (SSSR count). The van der Waals surface area contributed by atoms with E-state index in [0.29, 0.717) is 19.4 Å². The summed E-state index contributed by atoms with van der Waals surface area (Å²) in [6, 6.07) is -0.621. The van der Waals surface area contributed by atoms with Crippen molar-refractivity contribution in [3.05, 3.63) is 12.2 Å². The van der Waals surface area contributed by atoms with Crippen molar-refractivity contribution >= 4 is 11.9 Å². The molecule has 0 saturated carbocycles. The van der Waals surface area contributed by atoms with Crippen molar-refractivity contribution in [3.8, 4) is 0 Å². The third-order valence-corrected chi connectivity index (χ3v) is 15.3. The number of carbonyl (C=O) groups excluding carboxylic acids is 2. The first-order valence-corrected chi connectivity index (χ1v) is 32.5. The molecule has 0 aromatic rings. The highest BCUT2D eigenvalue weighted by Crippen LogP contribution is 2.19. The number of aliphatic hydroxyl groups is 2. The average Bonchev–Trinajstić information content (AvgIpc) is 3.37. The van der Waals surface area contributed by atoms with Crippen molar-refractivity contribution < 1.29 is 24.5 Å². The number of hydrogen-bond donors (Lipinski definition) is 3. The summed E-state index contributed by atoms with van der Waals surface area (Å²) in [5.41, 5.74) is 0. The van der Waals surface area contributed by atoms with E-state index in [-0.39, 0.29) is 18.5 Å². The predicted octanol–water partition coefficient (Wildman–Crippen LogP) is 20.4. The number of aliphatic hydroxyl groups excluding tert-OH is 2. The number of allylic oxidation sites excluding steroid dienone is 1. The first-order chi connectivity index (χ1) is 35.0. The largest absolute Gasteiger partial charge is 0.466 e. The maximum Gasteiger partial charge on any atom is 0.305 e. The summed E-state index contributed by atoms with van der Waals surface area (Å²) in [4.78, 5) is 24.4. The summed E-state index contributed by atoms with van der Waals surface area (Å²) in [5, 5.41) is 23.0. The van der Waals surface area contributed by atoms with Gasteiger partial charge in [-0.2, -0.15) is 0 Å². The predicted molar refractivity (Wildman–Crippen MR) is 310 cm³/mol. The zero-order valence-electron chi connectivity index (χ0n) is 48.2. The summed E-state index contributed by atoms with van der Waals surface area (Å²) in [7, 11) is 0. The molecule has 71 heavy (non-hydrogen) atoms. The second-order valence-corrected chi connectivity index (χ2v) is 22.5. The lowest BCUT2D eigenvalue weighted by Crippen LogP contribution is -2.45. The van der Waals surface area contributed by atoms with Crippen LogP contribution in [0.2, 0.25) is 0 Å². The SMILES string of the molecule is CCCCCCCCCC/C=C/C(O)C(CO)NC(=O)CCCCCCCCCCCCCCCCCCCCCCCCCCCCCCCCCCOC(=O)CCCCCCCCCCCCCC. The van der Waals surface area contributed by atoms with Gasteiger partial charge in [-0.05, 0) is 32.1 Å². The van der Waals surface area contributed by atoms with Crippen LogP contribution in [0.5, 0.6) is 0 Å². The normalized spacial score (nSPS) is 12.6. The van der Waals surface area contributed by atoms with Gasteiger partial charge < -0.3 is 20.3 Å². The van der Waals surface area contributed by atoms with Crippen molar-refractivity contribution in [3.63, 3.8) is 0 Å². The van der Waals surface area contributed by atoms with Crippen LogP contribution in [0, 0.1) is 0 Å². The van der Waals surface area contributed by atoms with Crippen molar-refractivity contribution in [2.45, 2.75) is 379 Å². The van der Waals surface area contributed by atoms with Gasteiger partial charge in [0, 0.05) is 12.8 Å². The molecule has 0 heterocycles. The Kier molecular flexibility index (Phi) is 59.9. The minimum Gasteiger partial charge on any atom is -0.466 e. The molecule has 0 aliphatic carbocycles. The molecule has 0 aliphatic rings. The molecule has 1 amide bonds. The van der Waals surface area contributed by atoms with Crippen LogP contribution in [0.4, 0.5) is 0 Å². The second-order valence-electron chi connectivity index (χ2n) is 22.5.